The molecule has 1 heterocycles. The Bertz CT molecular complexity index is 884. The van der Waals surface area contributed by atoms with Gasteiger partial charge in [-0.2, -0.15) is 17.7 Å². The van der Waals surface area contributed by atoms with Gasteiger partial charge in [0.1, 0.15) is 24.1 Å². The van der Waals surface area contributed by atoms with Gasteiger partial charge >= 0.3 is 0 Å². The molecule has 0 atom stereocenters. The second-order valence-electron chi connectivity index (χ2n) is 8.28. The van der Waals surface area contributed by atoms with Crippen molar-refractivity contribution in [3.8, 4) is 11.5 Å². The van der Waals surface area contributed by atoms with Gasteiger partial charge in [0.05, 0.1) is 26.0 Å². The maximum atomic E-state index is 11.9. The molecule has 10 nitrogen and oxygen atoms in total. The first-order valence-corrected chi connectivity index (χ1v) is 11.7. The number of benzene rings is 1. The number of hydrazone groups is 1. The van der Waals surface area contributed by atoms with E-state index in [9.17, 15) is 19.2 Å². The Labute approximate surface area is 211 Å². The van der Waals surface area contributed by atoms with E-state index in [1.165, 1.54) is 14.2 Å². The molecule has 1 aliphatic rings. The van der Waals surface area contributed by atoms with Crippen molar-refractivity contribution in [3.05, 3.63) is 23.8 Å². The molecule has 35 heavy (non-hydrogen) atoms. The van der Waals surface area contributed by atoms with E-state index in [1.807, 2.05) is 32.0 Å². The van der Waals surface area contributed by atoms with E-state index in [-0.39, 0.29) is 35.8 Å². The number of ether oxygens (including phenoxy) is 2. The molecule has 1 aromatic rings. The Morgan fingerprint density at radius 2 is 1.97 bits per heavy atom. The predicted octanol–water partition coefficient (Wildman–Crippen LogP) is 2.73. The largest absolute Gasteiger partial charge is 0.493 e. The summed E-state index contributed by atoms with van der Waals surface area (Å²) in [4.78, 5) is 47.4. The molecule has 2 amide bonds. The third kappa shape index (κ3) is 12.4. The summed E-state index contributed by atoms with van der Waals surface area (Å²) in [6.07, 6.45) is 4.14. The van der Waals surface area contributed by atoms with Gasteiger partial charge in [-0.3, -0.25) is 14.4 Å². The van der Waals surface area contributed by atoms with Gasteiger partial charge < -0.3 is 19.1 Å². The zero-order valence-electron chi connectivity index (χ0n) is 20.7. The standard InChI is InChI=1S/C18H24N2O4S.C6H11NO3/c1-18(2,25)12-17(22)20-19-15-7-10-24-16-11-13(5-6-14(15)16)23-9-4-3-8-21;1-7(10-2)6(9)4-3-5-8/h5-6,8,11,25H,3-4,7,9-10,12H2,1-2H3,(H,20,22);5H,3-4H2,1-2H3/b19-15+;. The third-order valence-electron chi connectivity index (χ3n) is 4.61. The molecule has 0 spiro atoms. The average Bonchev–Trinajstić information content (AvgIpc) is 2.82. The molecule has 0 bridgehead atoms. The normalized spacial score (nSPS) is 13.5. The molecule has 1 aliphatic heterocycles. The highest BCUT2D eigenvalue weighted by Gasteiger charge is 2.20. The first-order chi connectivity index (χ1) is 16.6. The highest BCUT2D eigenvalue weighted by Crippen LogP contribution is 2.29. The SMILES string of the molecule is CC(C)(S)CC(=O)N/N=C1\CCOc2cc(OCCCC=O)ccc21.CON(C)C(=O)CCC=O. The summed E-state index contributed by atoms with van der Waals surface area (Å²) in [5, 5.41) is 5.35. The second-order valence-corrected chi connectivity index (χ2v) is 9.49. The topological polar surface area (TPSA) is 124 Å². The number of nitrogens with zero attached hydrogens (tertiary/aromatic N) is 2. The number of amides is 2. The van der Waals surface area contributed by atoms with Crippen molar-refractivity contribution in [3.63, 3.8) is 0 Å². The molecule has 0 fully saturated rings. The smallest absolute Gasteiger partial charge is 0.246 e. The molecule has 0 unspecified atom stereocenters. The predicted molar refractivity (Wildman–Crippen MR) is 135 cm³/mol. The second kappa shape index (κ2) is 15.9. The van der Waals surface area contributed by atoms with E-state index in [0.717, 1.165) is 22.6 Å². The molecular formula is C24H35N3O7S. The van der Waals surface area contributed by atoms with Gasteiger partial charge in [-0.1, -0.05) is 13.8 Å². The maximum Gasteiger partial charge on any atom is 0.246 e. The van der Waals surface area contributed by atoms with Crippen molar-refractivity contribution in [2.45, 2.75) is 57.1 Å². The summed E-state index contributed by atoms with van der Waals surface area (Å²) in [6, 6.07) is 5.52. The zero-order valence-corrected chi connectivity index (χ0v) is 21.6. The monoisotopic (exact) mass is 509 g/mol. The van der Waals surface area contributed by atoms with Crippen LogP contribution >= 0.6 is 12.6 Å². The van der Waals surface area contributed by atoms with Crippen LogP contribution < -0.4 is 14.9 Å². The van der Waals surface area contributed by atoms with Crippen LogP contribution in [-0.2, 0) is 24.0 Å². The van der Waals surface area contributed by atoms with Crippen LogP contribution in [0, 0.1) is 0 Å². The Kier molecular flexibility index (Phi) is 13.7. The lowest BCUT2D eigenvalue weighted by Crippen LogP contribution is -2.28. The average molecular weight is 510 g/mol. The van der Waals surface area contributed by atoms with Gasteiger partial charge in [0, 0.05) is 55.5 Å². The molecule has 2 rings (SSSR count). The van der Waals surface area contributed by atoms with E-state index in [4.69, 9.17) is 9.47 Å². The van der Waals surface area contributed by atoms with Crippen LogP contribution in [0.3, 0.4) is 0 Å². The van der Waals surface area contributed by atoms with Gasteiger partial charge in [-0.15, -0.1) is 0 Å². The van der Waals surface area contributed by atoms with Crippen molar-refractivity contribution < 1.29 is 33.5 Å². The molecule has 0 aromatic heterocycles. The zero-order chi connectivity index (χ0) is 26.3. The molecule has 1 aromatic carbocycles. The van der Waals surface area contributed by atoms with Crippen LogP contribution in [0.5, 0.6) is 11.5 Å². The Morgan fingerprint density at radius 3 is 2.60 bits per heavy atom. The number of hydrogen-bond acceptors (Lipinski definition) is 9. The number of hydrogen-bond donors (Lipinski definition) is 2. The minimum absolute atomic E-state index is 0.171. The number of nitrogens with one attached hydrogen (secondary N) is 1. The van der Waals surface area contributed by atoms with E-state index >= 15 is 0 Å². The van der Waals surface area contributed by atoms with Gasteiger partial charge in [0.2, 0.25) is 11.8 Å². The summed E-state index contributed by atoms with van der Waals surface area (Å²) in [7, 11) is 2.91. The third-order valence-corrected chi connectivity index (χ3v) is 4.76. The molecule has 1 N–H and O–H groups in total. The lowest BCUT2D eigenvalue weighted by molar-refractivity contribution is -0.168. The molecule has 11 heteroatoms. The van der Waals surface area contributed by atoms with Crippen LogP contribution in [0.2, 0.25) is 0 Å². The lowest BCUT2D eigenvalue weighted by atomic mass is 10.0. The fourth-order valence-corrected chi connectivity index (χ4v) is 2.96. The van der Waals surface area contributed by atoms with E-state index < -0.39 is 0 Å². The summed E-state index contributed by atoms with van der Waals surface area (Å²) in [5.74, 6) is 1.01. The van der Waals surface area contributed by atoms with Crippen molar-refractivity contribution in [2.24, 2.45) is 5.10 Å². The van der Waals surface area contributed by atoms with Crippen molar-refractivity contribution >= 4 is 42.7 Å². The molecule has 0 radical (unpaired) electrons. The van der Waals surface area contributed by atoms with Crippen LogP contribution in [0.25, 0.3) is 0 Å². The van der Waals surface area contributed by atoms with Gasteiger partial charge in [-0.05, 0) is 18.6 Å². The van der Waals surface area contributed by atoms with Crippen molar-refractivity contribution in [2.75, 3.05) is 27.4 Å². The van der Waals surface area contributed by atoms with Crippen LogP contribution in [0.1, 0.15) is 57.9 Å². The first kappa shape index (κ1) is 30.1. The van der Waals surface area contributed by atoms with Gasteiger partial charge in [-0.25, -0.2) is 10.5 Å². The van der Waals surface area contributed by atoms with Crippen LogP contribution in [0.4, 0.5) is 0 Å². The minimum atomic E-state index is -0.381. The van der Waals surface area contributed by atoms with Crippen LogP contribution in [-0.4, -0.2) is 67.3 Å². The number of rotatable bonds is 12. The first-order valence-electron chi connectivity index (χ1n) is 11.3. The quantitative estimate of drug-likeness (QED) is 0.192. The van der Waals surface area contributed by atoms with Gasteiger partial charge in [0.15, 0.2) is 0 Å². The van der Waals surface area contributed by atoms with E-state index in [1.54, 1.807) is 0 Å². The molecule has 0 saturated carbocycles. The molecule has 194 valence electrons. The number of aldehydes is 2. The van der Waals surface area contributed by atoms with Gasteiger partial charge in [0.25, 0.3) is 0 Å². The number of thiol groups is 1. The molecule has 0 saturated heterocycles. The lowest BCUT2D eigenvalue weighted by Gasteiger charge is -2.20. The number of fused-ring (bicyclic) bond motifs is 1. The Balaban J connectivity index is 0.000000518. The van der Waals surface area contributed by atoms with Crippen molar-refractivity contribution in [1.82, 2.24) is 10.5 Å². The fraction of sp³-hybridized carbons (Fsp3) is 0.542. The number of carbonyl (C=O) groups is 4. The number of unbranched alkanes of at least 4 members (excludes halogenated alkanes) is 1. The van der Waals surface area contributed by atoms with Crippen LogP contribution in [0.15, 0.2) is 23.3 Å². The highest BCUT2D eigenvalue weighted by atomic mass is 32.1. The Hall–Kier alpha value is -2.92. The highest BCUT2D eigenvalue weighted by molar-refractivity contribution is 7.81. The number of hydroxylamine groups is 2. The molecule has 0 aliphatic carbocycles. The molecular weight excluding hydrogens is 474 g/mol. The Morgan fingerprint density at radius 1 is 1.26 bits per heavy atom. The number of carbonyl (C=O) groups excluding carboxylic acids is 4. The summed E-state index contributed by atoms with van der Waals surface area (Å²) >= 11 is 4.35. The maximum absolute atomic E-state index is 11.9. The van der Waals surface area contributed by atoms with E-state index in [0.29, 0.717) is 50.3 Å². The van der Waals surface area contributed by atoms with E-state index in [2.05, 4.69) is 28.0 Å². The van der Waals surface area contributed by atoms with Crippen molar-refractivity contribution in [1.29, 1.82) is 0 Å². The fourth-order valence-electron chi connectivity index (χ4n) is 2.82. The summed E-state index contributed by atoms with van der Waals surface area (Å²) < 4.78 is 10.9. The summed E-state index contributed by atoms with van der Waals surface area (Å²) in [5.41, 5.74) is 4.21. The minimum Gasteiger partial charge on any atom is -0.493 e. The summed E-state index contributed by atoms with van der Waals surface area (Å²) in [6.45, 7) is 4.73.